The largest absolute Gasteiger partial charge is 0.425 e. The molecule has 13 heavy (non-hydrogen) atoms. The molecule has 0 aliphatic rings. The molecule has 0 bridgehead atoms. The Morgan fingerprint density at radius 3 is 2.54 bits per heavy atom. The second-order valence-electron chi connectivity index (χ2n) is 2.50. The highest BCUT2D eigenvalue weighted by Crippen LogP contribution is 2.35. The van der Waals surface area contributed by atoms with Gasteiger partial charge in [-0.3, -0.25) is 0 Å². The number of halogens is 3. The first-order valence-electron chi connectivity index (χ1n) is 3.49. The molecule has 0 aliphatic carbocycles. The van der Waals surface area contributed by atoms with Crippen molar-refractivity contribution in [2.75, 3.05) is 0 Å². The van der Waals surface area contributed by atoms with Gasteiger partial charge in [-0.1, -0.05) is 6.08 Å². The van der Waals surface area contributed by atoms with Gasteiger partial charge in [-0.2, -0.15) is 13.2 Å². The summed E-state index contributed by atoms with van der Waals surface area (Å²) in [4.78, 5) is -0.625. The smallest absolute Gasteiger partial charge is 0.321 e. The zero-order valence-electron chi connectivity index (χ0n) is 6.64. The summed E-state index contributed by atoms with van der Waals surface area (Å²) in [6.45, 7) is 3.41. The topological polar surface area (TPSA) is 26.0 Å². The van der Waals surface area contributed by atoms with Crippen LogP contribution in [0.25, 0.3) is 0 Å². The van der Waals surface area contributed by atoms with Crippen molar-refractivity contribution in [1.82, 2.24) is 0 Å². The lowest BCUT2D eigenvalue weighted by molar-refractivity contribution is -0.134. The van der Waals surface area contributed by atoms with Crippen molar-refractivity contribution in [2.24, 2.45) is 5.73 Å². The minimum Gasteiger partial charge on any atom is -0.321 e. The lowest BCUT2D eigenvalue weighted by Crippen LogP contribution is -2.06. The minimum absolute atomic E-state index is 0.451. The summed E-state index contributed by atoms with van der Waals surface area (Å²) in [5.41, 5.74) is 5.92. The van der Waals surface area contributed by atoms with Crippen molar-refractivity contribution in [2.45, 2.75) is 12.2 Å². The average molecular weight is 207 g/mol. The Hall–Kier alpha value is -0.810. The van der Waals surface area contributed by atoms with Crippen LogP contribution in [-0.4, -0.2) is 0 Å². The number of thiophene rings is 1. The first-order valence-corrected chi connectivity index (χ1v) is 4.37. The highest BCUT2D eigenvalue weighted by atomic mass is 32.1. The molecule has 1 aromatic heterocycles. The fraction of sp³-hybridized carbons (Fsp3) is 0.250. The maximum Gasteiger partial charge on any atom is 0.425 e. The normalized spacial score (nSPS) is 14.2. The molecule has 0 spiro atoms. The van der Waals surface area contributed by atoms with Gasteiger partial charge in [-0.05, 0) is 17.0 Å². The van der Waals surface area contributed by atoms with Gasteiger partial charge >= 0.3 is 6.18 Å². The summed E-state index contributed by atoms with van der Waals surface area (Å²) < 4.78 is 36.3. The molecule has 72 valence electrons. The molecule has 0 aromatic carbocycles. The summed E-state index contributed by atoms with van der Waals surface area (Å²) in [5.74, 6) is 0. The Kier molecular flexibility index (Phi) is 2.77. The molecule has 0 saturated carbocycles. The molecule has 0 saturated heterocycles. The molecule has 0 radical (unpaired) electrons. The van der Waals surface area contributed by atoms with Crippen LogP contribution in [0.3, 0.4) is 0 Å². The monoisotopic (exact) mass is 207 g/mol. The van der Waals surface area contributed by atoms with Crippen LogP contribution >= 0.6 is 11.3 Å². The summed E-state index contributed by atoms with van der Waals surface area (Å²) in [6.07, 6.45) is -2.87. The zero-order chi connectivity index (χ0) is 10.1. The molecule has 0 amide bonds. The van der Waals surface area contributed by atoms with Crippen molar-refractivity contribution in [1.29, 1.82) is 0 Å². The van der Waals surface area contributed by atoms with E-state index in [1.807, 2.05) is 0 Å². The number of rotatable bonds is 2. The van der Waals surface area contributed by atoms with Crippen molar-refractivity contribution in [3.8, 4) is 0 Å². The Bertz CT molecular complexity index is 303. The second-order valence-corrected chi connectivity index (χ2v) is 3.41. The van der Waals surface area contributed by atoms with Gasteiger partial charge in [-0.15, -0.1) is 17.9 Å². The maximum atomic E-state index is 12.1. The molecule has 1 aromatic rings. The van der Waals surface area contributed by atoms with E-state index >= 15 is 0 Å². The summed E-state index contributed by atoms with van der Waals surface area (Å²) in [6, 6.07) is 0.532. The van der Waals surface area contributed by atoms with Gasteiger partial charge in [0.05, 0.1) is 0 Å². The molecule has 1 atom stereocenters. The number of hydrogen-bond acceptors (Lipinski definition) is 2. The molecule has 0 fully saturated rings. The summed E-state index contributed by atoms with van der Waals surface area (Å²) in [5, 5.41) is 1.40. The lowest BCUT2D eigenvalue weighted by atomic mass is 10.1. The maximum absolute atomic E-state index is 12.1. The van der Waals surface area contributed by atoms with Crippen molar-refractivity contribution in [3.05, 3.63) is 34.5 Å². The van der Waals surface area contributed by atoms with E-state index in [1.165, 1.54) is 11.5 Å². The third-order valence-electron chi connectivity index (χ3n) is 1.54. The SMILES string of the molecule is C=C[C@H](N)c1csc(C(F)(F)F)c1. The number of alkyl halides is 3. The molecule has 1 rings (SSSR count). The van der Waals surface area contributed by atoms with Gasteiger partial charge in [0.1, 0.15) is 4.88 Å². The first-order chi connectivity index (χ1) is 5.95. The zero-order valence-corrected chi connectivity index (χ0v) is 7.45. The fourth-order valence-electron chi connectivity index (χ4n) is 0.810. The van der Waals surface area contributed by atoms with Crippen LogP contribution in [0.2, 0.25) is 0 Å². The Morgan fingerprint density at radius 2 is 2.15 bits per heavy atom. The third-order valence-corrected chi connectivity index (χ3v) is 2.53. The van der Waals surface area contributed by atoms with E-state index in [1.54, 1.807) is 0 Å². The third kappa shape index (κ3) is 2.32. The first kappa shape index (κ1) is 10.3. The Morgan fingerprint density at radius 1 is 1.54 bits per heavy atom. The van der Waals surface area contributed by atoms with E-state index in [4.69, 9.17) is 5.73 Å². The van der Waals surface area contributed by atoms with Crippen molar-refractivity contribution in [3.63, 3.8) is 0 Å². The summed E-state index contributed by atoms with van der Waals surface area (Å²) >= 11 is 0.647. The van der Waals surface area contributed by atoms with Crippen molar-refractivity contribution >= 4 is 11.3 Å². The van der Waals surface area contributed by atoms with E-state index < -0.39 is 17.1 Å². The molecule has 0 unspecified atom stereocenters. The fourth-order valence-corrected chi connectivity index (χ4v) is 1.64. The van der Waals surface area contributed by atoms with Crippen LogP contribution in [0.15, 0.2) is 24.1 Å². The molecular weight excluding hydrogens is 199 g/mol. The van der Waals surface area contributed by atoms with Crippen LogP contribution in [0.5, 0.6) is 0 Å². The van der Waals surface area contributed by atoms with E-state index in [2.05, 4.69) is 6.58 Å². The number of nitrogens with two attached hydrogens (primary N) is 1. The molecule has 2 N–H and O–H groups in total. The van der Waals surface area contributed by atoms with Crippen LogP contribution in [0.1, 0.15) is 16.5 Å². The number of hydrogen-bond donors (Lipinski definition) is 1. The standard InChI is InChI=1S/C8H8F3NS/c1-2-6(12)5-3-7(13-4-5)8(9,10)11/h2-4,6H,1,12H2/t6-/m0/s1. The highest BCUT2D eigenvalue weighted by molar-refractivity contribution is 7.10. The highest BCUT2D eigenvalue weighted by Gasteiger charge is 2.32. The molecular formula is C8H8F3NS. The van der Waals surface area contributed by atoms with Gasteiger partial charge < -0.3 is 5.73 Å². The van der Waals surface area contributed by atoms with Gasteiger partial charge in [0.25, 0.3) is 0 Å². The predicted molar refractivity (Wildman–Crippen MR) is 46.4 cm³/mol. The molecule has 1 heterocycles. The lowest BCUT2D eigenvalue weighted by Gasteiger charge is -2.02. The minimum atomic E-state index is -4.27. The molecule has 5 heteroatoms. The van der Waals surface area contributed by atoms with Gasteiger partial charge in [0.2, 0.25) is 0 Å². The van der Waals surface area contributed by atoms with Gasteiger partial charge in [0, 0.05) is 6.04 Å². The molecule has 0 aliphatic heterocycles. The van der Waals surface area contributed by atoms with Crippen molar-refractivity contribution < 1.29 is 13.2 Å². The quantitative estimate of drug-likeness (QED) is 0.741. The van der Waals surface area contributed by atoms with E-state index in [9.17, 15) is 13.2 Å². The van der Waals surface area contributed by atoms with E-state index in [0.717, 1.165) is 6.07 Å². The van der Waals surface area contributed by atoms with Crippen LogP contribution in [0.4, 0.5) is 13.2 Å². The van der Waals surface area contributed by atoms with Gasteiger partial charge in [0.15, 0.2) is 0 Å². The van der Waals surface area contributed by atoms with Crippen LogP contribution < -0.4 is 5.73 Å². The average Bonchev–Trinajstić information content (AvgIpc) is 2.50. The Balaban J connectivity index is 2.93. The predicted octanol–water partition coefficient (Wildman–Crippen LogP) is 2.95. The summed E-state index contributed by atoms with van der Waals surface area (Å²) in [7, 11) is 0. The second kappa shape index (κ2) is 3.51. The Labute approximate surface area is 77.7 Å². The van der Waals surface area contributed by atoms with Crippen LogP contribution in [0, 0.1) is 0 Å². The van der Waals surface area contributed by atoms with E-state index in [0.29, 0.717) is 16.9 Å². The van der Waals surface area contributed by atoms with E-state index in [-0.39, 0.29) is 0 Å². The molecule has 1 nitrogen and oxygen atoms in total. The van der Waals surface area contributed by atoms with Gasteiger partial charge in [-0.25, -0.2) is 0 Å². The van der Waals surface area contributed by atoms with Crippen LogP contribution in [-0.2, 0) is 6.18 Å².